The average Bonchev–Trinajstić information content (AvgIpc) is 3.17. The lowest BCUT2D eigenvalue weighted by molar-refractivity contribution is 0.483. The Kier molecular flexibility index (Phi) is 4.66. The largest absolute Gasteiger partial charge is 0.408 e. The number of aromatic nitrogens is 4. The lowest BCUT2D eigenvalue weighted by Gasteiger charge is -2.15. The zero-order valence-corrected chi connectivity index (χ0v) is 17.1. The molecule has 0 bridgehead atoms. The first kappa shape index (κ1) is 18.9. The van der Waals surface area contributed by atoms with Crippen LogP contribution in [-0.2, 0) is 7.05 Å². The Morgan fingerprint density at radius 1 is 1.14 bits per heavy atom. The number of aryl methyl sites for hydroxylation is 3. The lowest BCUT2D eigenvalue weighted by atomic mass is 9.95. The van der Waals surface area contributed by atoms with Gasteiger partial charge in [-0.3, -0.25) is 9.78 Å². The smallest absolute Gasteiger partial charge is 0.320 e. The molecule has 1 N–H and O–H groups in total. The topological polar surface area (TPSA) is 85.8 Å². The number of anilines is 2. The van der Waals surface area contributed by atoms with Gasteiger partial charge < -0.3 is 14.3 Å². The summed E-state index contributed by atoms with van der Waals surface area (Å²) in [6, 6.07) is 8.04. The molecule has 1 aromatic carbocycles. The summed E-state index contributed by atoms with van der Waals surface area (Å²) in [5, 5.41) is 12.2. The molecule has 148 valence electrons. The van der Waals surface area contributed by atoms with Gasteiger partial charge in [-0.15, -0.1) is 5.10 Å². The second kappa shape index (κ2) is 7.16. The van der Waals surface area contributed by atoms with Gasteiger partial charge in [-0.05, 0) is 48.7 Å². The van der Waals surface area contributed by atoms with E-state index in [1.54, 1.807) is 24.0 Å². The van der Waals surface area contributed by atoms with Crippen LogP contribution in [0.5, 0.6) is 0 Å². The summed E-state index contributed by atoms with van der Waals surface area (Å²) in [4.78, 5) is 17.4. The molecular weight excluding hydrogens is 366 g/mol. The number of nitrogens with one attached hydrogen (secondary N) is 1. The van der Waals surface area contributed by atoms with Crippen molar-refractivity contribution in [3.63, 3.8) is 0 Å². The van der Waals surface area contributed by atoms with Crippen molar-refractivity contribution in [1.82, 2.24) is 19.7 Å². The molecule has 3 heterocycles. The van der Waals surface area contributed by atoms with E-state index in [-0.39, 0.29) is 11.5 Å². The predicted molar refractivity (Wildman–Crippen MR) is 114 cm³/mol. The van der Waals surface area contributed by atoms with E-state index in [0.29, 0.717) is 17.5 Å². The number of benzene rings is 1. The summed E-state index contributed by atoms with van der Waals surface area (Å²) >= 11 is 0. The van der Waals surface area contributed by atoms with Crippen molar-refractivity contribution in [2.75, 3.05) is 5.32 Å². The average molecular weight is 389 g/mol. The van der Waals surface area contributed by atoms with E-state index >= 15 is 0 Å². The minimum Gasteiger partial charge on any atom is -0.408 e. The predicted octanol–water partition coefficient (Wildman–Crippen LogP) is 4.47. The zero-order valence-electron chi connectivity index (χ0n) is 17.1. The number of pyridine rings is 2. The highest BCUT2D eigenvalue weighted by atomic mass is 16.4. The molecule has 0 unspecified atom stereocenters. The monoisotopic (exact) mass is 389 g/mol. The first-order chi connectivity index (χ1) is 13.9. The van der Waals surface area contributed by atoms with Crippen LogP contribution in [0.3, 0.4) is 0 Å². The van der Waals surface area contributed by atoms with Gasteiger partial charge in [-0.2, -0.15) is 0 Å². The minimum atomic E-state index is -0.0404. The maximum absolute atomic E-state index is 13.2. The Balaban J connectivity index is 1.83. The highest BCUT2D eigenvalue weighted by Crippen LogP contribution is 2.31. The van der Waals surface area contributed by atoms with Gasteiger partial charge in [0.15, 0.2) is 0 Å². The fourth-order valence-electron chi connectivity index (χ4n) is 3.47. The fourth-order valence-corrected chi connectivity index (χ4v) is 3.47. The van der Waals surface area contributed by atoms with Crippen molar-refractivity contribution in [2.45, 2.75) is 33.6 Å². The second-order valence-electron chi connectivity index (χ2n) is 7.51. The summed E-state index contributed by atoms with van der Waals surface area (Å²) in [7, 11) is 1.79. The normalized spacial score (nSPS) is 11.4. The molecular formula is C22H23N5O2. The van der Waals surface area contributed by atoms with Crippen LogP contribution in [0.1, 0.15) is 36.8 Å². The van der Waals surface area contributed by atoms with Gasteiger partial charge in [0, 0.05) is 36.4 Å². The first-order valence-corrected chi connectivity index (χ1v) is 9.51. The molecule has 4 aromatic rings. The molecule has 0 aliphatic carbocycles. The van der Waals surface area contributed by atoms with Gasteiger partial charge >= 0.3 is 6.01 Å². The summed E-state index contributed by atoms with van der Waals surface area (Å²) in [5.41, 5.74) is 5.05. The molecule has 0 saturated carbocycles. The van der Waals surface area contributed by atoms with Gasteiger partial charge in [0.25, 0.3) is 5.56 Å². The van der Waals surface area contributed by atoms with Crippen LogP contribution in [0.2, 0.25) is 0 Å². The molecule has 29 heavy (non-hydrogen) atoms. The SMILES string of the molecule is Cc1ccc(Nc2nnc(C(C)C)o2)cc1-c1c(C)c2cnccc2n(C)c1=O. The summed E-state index contributed by atoms with van der Waals surface area (Å²) in [6.45, 7) is 7.95. The summed E-state index contributed by atoms with van der Waals surface area (Å²) < 4.78 is 7.31. The Bertz CT molecular complexity index is 1270. The van der Waals surface area contributed by atoms with Crippen LogP contribution in [-0.4, -0.2) is 19.7 Å². The standard InChI is InChI=1S/C22H23N5O2/c1-12(2)20-25-26-22(29-20)24-15-7-6-13(3)16(10-15)19-14(4)17-11-23-9-8-18(17)27(5)21(19)28/h6-12H,1-5H3,(H,24,26). The highest BCUT2D eigenvalue weighted by molar-refractivity contribution is 5.89. The third-order valence-corrected chi connectivity index (χ3v) is 5.15. The second-order valence-corrected chi connectivity index (χ2v) is 7.51. The van der Waals surface area contributed by atoms with E-state index in [1.807, 2.05) is 52.0 Å². The fraction of sp³-hybridized carbons (Fsp3) is 0.273. The molecule has 0 aliphatic rings. The van der Waals surface area contributed by atoms with Crippen LogP contribution in [0.4, 0.5) is 11.7 Å². The lowest BCUT2D eigenvalue weighted by Crippen LogP contribution is -2.21. The Labute approximate surface area is 168 Å². The molecule has 3 aromatic heterocycles. The first-order valence-electron chi connectivity index (χ1n) is 9.51. The molecule has 0 amide bonds. The third-order valence-electron chi connectivity index (χ3n) is 5.15. The Hall–Kier alpha value is -3.48. The maximum atomic E-state index is 13.2. The van der Waals surface area contributed by atoms with E-state index in [2.05, 4.69) is 20.5 Å². The van der Waals surface area contributed by atoms with E-state index in [9.17, 15) is 4.79 Å². The van der Waals surface area contributed by atoms with Gasteiger partial charge in [0.1, 0.15) is 0 Å². The van der Waals surface area contributed by atoms with Crippen molar-refractivity contribution >= 4 is 22.6 Å². The van der Waals surface area contributed by atoms with Crippen LogP contribution in [0.25, 0.3) is 22.0 Å². The molecule has 0 aliphatic heterocycles. The summed E-state index contributed by atoms with van der Waals surface area (Å²) in [5.74, 6) is 0.732. The van der Waals surface area contributed by atoms with Crippen LogP contribution >= 0.6 is 0 Å². The molecule has 0 fully saturated rings. The van der Waals surface area contributed by atoms with Crippen LogP contribution in [0, 0.1) is 13.8 Å². The van der Waals surface area contributed by atoms with Gasteiger partial charge in [-0.1, -0.05) is 25.0 Å². The maximum Gasteiger partial charge on any atom is 0.320 e. The van der Waals surface area contributed by atoms with E-state index in [4.69, 9.17) is 4.42 Å². The van der Waals surface area contributed by atoms with Gasteiger partial charge in [0.05, 0.1) is 11.1 Å². The van der Waals surface area contributed by atoms with Crippen molar-refractivity contribution in [2.24, 2.45) is 7.05 Å². The molecule has 0 saturated heterocycles. The van der Waals surface area contributed by atoms with Crippen molar-refractivity contribution < 1.29 is 4.42 Å². The highest BCUT2D eigenvalue weighted by Gasteiger charge is 2.17. The minimum absolute atomic E-state index is 0.0404. The van der Waals surface area contributed by atoms with Crippen molar-refractivity contribution in [3.8, 4) is 11.1 Å². The number of nitrogens with zero attached hydrogens (tertiary/aromatic N) is 4. The molecule has 0 spiro atoms. The van der Waals surface area contributed by atoms with E-state index < -0.39 is 0 Å². The van der Waals surface area contributed by atoms with Gasteiger partial charge in [0.2, 0.25) is 5.89 Å². The number of fused-ring (bicyclic) bond motifs is 1. The Morgan fingerprint density at radius 3 is 2.66 bits per heavy atom. The molecule has 0 radical (unpaired) electrons. The molecule has 0 atom stereocenters. The van der Waals surface area contributed by atoms with Crippen molar-refractivity contribution in [1.29, 1.82) is 0 Å². The number of hydrogen-bond acceptors (Lipinski definition) is 6. The molecule has 7 nitrogen and oxygen atoms in total. The van der Waals surface area contributed by atoms with Gasteiger partial charge in [-0.25, -0.2) is 0 Å². The summed E-state index contributed by atoms with van der Waals surface area (Å²) in [6.07, 6.45) is 3.50. The molecule has 4 rings (SSSR count). The number of hydrogen-bond donors (Lipinski definition) is 1. The van der Waals surface area contributed by atoms with Crippen molar-refractivity contribution in [3.05, 3.63) is 64.0 Å². The zero-order chi connectivity index (χ0) is 20.7. The number of rotatable bonds is 4. The van der Waals surface area contributed by atoms with E-state index in [1.165, 1.54) is 0 Å². The van der Waals surface area contributed by atoms with E-state index in [0.717, 1.165) is 33.3 Å². The quantitative estimate of drug-likeness (QED) is 0.554. The Morgan fingerprint density at radius 2 is 1.93 bits per heavy atom. The van der Waals surface area contributed by atoms with Crippen LogP contribution in [0.15, 0.2) is 45.9 Å². The molecule has 7 heteroatoms. The third kappa shape index (κ3) is 3.29. The van der Waals surface area contributed by atoms with Crippen LogP contribution < -0.4 is 10.9 Å².